The highest BCUT2D eigenvalue weighted by Crippen LogP contribution is 2.14. The molecule has 29 nitrogen and oxygen atoms in total. The Bertz CT molecular complexity index is 2350. The number of imidazole rings is 1. The van der Waals surface area contributed by atoms with E-state index in [0.29, 0.717) is 25.0 Å². The number of aryl methyl sites for hydroxylation is 1. The number of nitrogens with one attached hydrogen (secondary N) is 9. The number of aliphatic hydroxyl groups is 2. The first-order valence-corrected chi connectivity index (χ1v) is 26.6. The monoisotopic (exact) mass is 1130 g/mol. The summed E-state index contributed by atoms with van der Waals surface area (Å²) < 4.78 is 0. The fraction of sp³-hybridized carbons (Fsp3) is 0.608. The Hall–Kier alpha value is -7.76. The van der Waals surface area contributed by atoms with Crippen molar-refractivity contribution in [2.45, 2.75) is 160 Å². The molecule has 29 heteroatoms. The number of aliphatic hydroxyl groups excluding tert-OH is 2. The Morgan fingerprint density at radius 1 is 0.700 bits per heavy atom. The van der Waals surface area contributed by atoms with Gasteiger partial charge in [0.15, 0.2) is 5.96 Å². The van der Waals surface area contributed by atoms with Gasteiger partial charge in [0.2, 0.25) is 53.2 Å². The summed E-state index contributed by atoms with van der Waals surface area (Å²) in [7, 11) is 0. The molecule has 2 rings (SSSR count). The average molecular weight is 1130 g/mol. The maximum atomic E-state index is 14.2. The lowest BCUT2D eigenvalue weighted by Crippen LogP contribution is -2.62. The van der Waals surface area contributed by atoms with Crippen molar-refractivity contribution in [1.29, 1.82) is 0 Å². The molecule has 20 N–H and O–H groups in total. The molecule has 0 aliphatic carbocycles. The lowest BCUT2D eigenvalue weighted by molar-refractivity contribution is -0.146. The summed E-state index contributed by atoms with van der Waals surface area (Å²) in [4.78, 5) is 146. The number of rotatable bonds is 37. The number of carboxylic acid groups (broad SMARTS) is 1. The number of hydrogen-bond acceptors (Lipinski definition) is 16. The van der Waals surface area contributed by atoms with Crippen molar-refractivity contribution >= 4 is 65.1 Å². The number of carbonyl (C=O) groups excluding carboxylic acids is 9. The third-order valence-electron chi connectivity index (χ3n) is 12.7. The molecular formula is C51H84N16O13. The van der Waals surface area contributed by atoms with Gasteiger partial charge in [-0.05, 0) is 83.7 Å². The third-order valence-corrected chi connectivity index (χ3v) is 12.7. The van der Waals surface area contributed by atoms with Gasteiger partial charge in [0.1, 0.15) is 48.8 Å². The number of H-pyrrole nitrogens is 1. The van der Waals surface area contributed by atoms with E-state index in [1.807, 2.05) is 12.1 Å². The molecule has 0 aliphatic heterocycles. The zero-order valence-electron chi connectivity index (χ0n) is 46.4. The van der Waals surface area contributed by atoms with Crippen LogP contribution in [-0.4, -0.2) is 189 Å². The minimum absolute atomic E-state index is 0.00895. The molecule has 0 aliphatic rings. The van der Waals surface area contributed by atoms with E-state index in [9.17, 15) is 63.3 Å². The number of carboxylic acids is 1. The standard InChI is InChI=1S/C51H84N16O13/c1-7-22-67(26-39(71)72)50(80)40(28(3)8-2)64-46(76)35(17-12-20-52)61-38(70)25-58-48(78)41(30(5)68)66-49(79)42(31(6)69)65-47(77)37(23-33-24-56-27-59-33)63-45(75)36(19-18-32-14-10-9-11-15-32)62-43(73)29(4)60-44(74)34(53)16-13-21-57-51(54)55/h9-11,14-15,24,27-31,34-37,40-42,68-69H,7-8,12-13,16-23,25-26,52-53H2,1-6H3,(H,56,59)(H,58,78)(H,60,74)(H,61,70)(H,62,73)(H,63,75)(H,64,76)(H,65,77)(H,66,79)(H,71,72)(H4,54,55,57)/t28?,29-,30+,31+,34-,35-,36-,37-,40-,41-,42-/m0/s1. The van der Waals surface area contributed by atoms with Crippen LogP contribution in [0.2, 0.25) is 0 Å². The predicted octanol–water partition coefficient (Wildman–Crippen LogP) is -4.63. The first-order valence-electron chi connectivity index (χ1n) is 26.6. The topological polar surface area (TPSA) is 476 Å². The van der Waals surface area contributed by atoms with E-state index in [1.165, 1.54) is 19.4 Å². The Kier molecular flexibility index (Phi) is 30.5. The van der Waals surface area contributed by atoms with E-state index in [1.54, 1.807) is 39.0 Å². The molecule has 2 aromatic rings. The summed E-state index contributed by atoms with van der Waals surface area (Å²) in [5, 5.41) is 50.8. The Morgan fingerprint density at radius 2 is 1.29 bits per heavy atom. The van der Waals surface area contributed by atoms with Gasteiger partial charge in [0, 0.05) is 31.4 Å². The lowest BCUT2D eigenvalue weighted by atomic mass is 9.96. The van der Waals surface area contributed by atoms with Crippen LogP contribution < -0.4 is 65.5 Å². The van der Waals surface area contributed by atoms with Crippen molar-refractivity contribution in [3.63, 3.8) is 0 Å². The summed E-state index contributed by atoms with van der Waals surface area (Å²) in [6.07, 6.45) is 1.13. The van der Waals surface area contributed by atoms with E-state index >= 15 is 0 Å². The Labute approximate surface area is 465 Å². The number of carbonyl (C=O) groups is 10. The number of aliphatic carboxylic acids is 1. The van der Waals surface area contributed by atoms with Gasteiger partial charge in [-0.2, -0.15) is 0 Å². The van der Waals surface area contributed by atoms with Crippen molar-refractivity contribution in [3.8, 4) is 0 Å². The fourth-order valence-corrected chi connectivity index (χ4v) is 7.91. The van der Waals surface area contributed by atoms with E-state index < -0.39 is 139 Å². The van der Waals surface area contributed by atoms with Crippen LogP contribution in [0.5, 0.6) is 0 Å². The number of amides is 9. The van der Waals surface area contributed by atoms with Gasteiger partial charge in [-0.25, -0.2) is 4.98 Å². The van der Waals surface area contributed by atoms with Gasteiger partial charge < -0.3 is 90.7 Å². The van der Waals surface area contributed by atoms with Crippen LogP contribution in [0.4, 0.5) is 0 Å². The number of aromatic nitrogens is 2. The van der Waals surface area contributed by atoms with Gasteiger partial charge in [-0.15, -0.1) is 0 Å². The summed E-state index contributed by atoms with van der Waals surface area (Å²) in [5.74, 6) is -9.62. The van der Waals surface area contributed by atoms with Crippen molar-refractivity contribution in [3.05, 3.63) is 54.1 Å². The molecule has 1 unspecified atom stereocenters. The highest BCUT2D eigenvalue weighted by Gasteiger charge is 2.37. The summed E-state index contributed by atoms with van der Waals surface area (Å²) in [6, 6.07) is -2.06. The number of nitrogens with zero attached hydrogens (tertiary/aromatic N) is 3. The van der Waals surface area contributed by atoms with Gasteiger partial charge in [-0.1, -0.05) is 57.5 Å². The molecule has 9 amide bonds. The fourth-order valence-electron chi connectivity index (χ4n) is 7.91. The molecule has 0 bridgehead atoms. The molecule has 0 saturated carbocycles. The lowest BCUT2D eigenvalue weighted by Gasteiger charge is -2.31. The SMILES string of the molecule is CCCN(CC(=O)O)C(=O)[C@@H](NC(=O)[C@H](CCCN)NC(=O)CNC(=O)[C@@H](NC(=O)[C@@H](NC(=O)[C@H](Cc1cnc[nH]1)NC(=O)[C@H](CCc1ccccc1)NC(=O)[C@H](C)NC(=O)[C@@H](N)CCCN=C(N)N)[C@@H](C)O)[C@@H](C)O)C(C)CC. The molecule has 1 heterocycles. The van der Waals surface area contributed by atoms with E-state index in [0.717, 1.165) is 24.3 Å². The molecule has 0 fully saturated rings. The second-order valence-electron chi connectivity index (χ2n) is 19.5. The van der Waals surface area contributed by atoms with E-state index in [4.69, 9.17) is 22.9 Å². The van der Waals surface area contributed by atoms with Crippen LogP contribution in [0, 0.1) is 5.92 Å². The van der Waals surface area contributed by atoms with Crippen LogP contribution in [0.3, 0.4) is 0 Å². The number of guanidine groups is 1. The van der Waals surface area contributed by atoms with E-state index in [-0.39, 0.29) is 64.1 Å². The molecule has 1 aromatic heterocycles. The third kappa shape index (κ3) is 24.5. The molecule has 0 radical (unpaired) electrons. The van der Waals surface area contributed by atoms with Crippen LogP contribution >= 0.6 is 0 Å². The van der Waals surface area contributed by atoms with Crippen LogP contribution in [0.25, 0.3) is 0 Å². The zero-order chi connectivity index (χ0) is 60.1. The molecule has 11 atom stereocenters. The number of benzene rings is 1. The van der Waals surface area contributed by atoms with E-state index in [2.05, 4.69) is 57.5 Å². The zero-order valence-corrected chi connectivity index (χ0v) is 46.4. The number of hydrogen-bond donors (Lipinski definition) is 16. The minimum atomic E-state index is -1.83. The largest absolute Gasteiger partial charge is 0.480 e. The van der Waals surface area contributed by atoms with Gasteiger partial charge in [0.05, 0.1) is 31.1 Å². The van der Waals surface area contributed by atoms with Crippen molar-refractivity contribution in [2.75, 3.05) is 32.7 Å². The maximum absolute atomic E-state index is 14.2. The van der Waals surface area contributed by atoms with Crippen LogP contribution in [0.1, 0.15) is 97.7 Å². The Balaban J connectivity index is 2.28. The van der Waals surface area contributed by atoms with Crippen molar-refractivity contribution < 1.29 is 63.3 Å². The minimum Gasteiger partial charge on any atom is -0.480 e. The maximum Gasteiger partial charge on any atom is 0.323 e. The predicted molar refractivity (Wildman–Crippen MR) is 293 cm³/mol. The summed E-state index contributed by atoms with van der Waals surface area (Å²) >= 11 is 0. The van der Waals surface area contributed by atoms with Gasteiger partial charge >= 0.3 is 5.97 Å². The average Bonchev–Trinajstić information content (AvgIpc) is 3.93. The van der Waals surface area contributed by atoms with Crippen molar-refractivity contribution in [2.24, 2.45) is 33.8 Å². The number of aliphatic imine (C=N–C) groups is 1. The van der Waals surface area contributed by atoms with Crippen molar-refractivity contribution in [1.82, 2.24) is 57.4 Å². The second-order valence-corrected chi connectivity index (χ2v) is 19.5. The quantitative estimate of drug-likeness (QED) is 0.0172. The normalized spacial score (nSPS) is 15.2. The molecular weight excluding hydrogens is 1040 g/mol. The smallest absolute Gasteiger partial charge is 0.323 e. The molecule has 0 spiro atoms. The first kappa shape index (κ1) is 68.3. The first-order chi connectivity index (χ1) is 37.8. The molecule has 446 valence electrons. The van der Waals surface area contributed by atoms with Gasteiger partial charge in [-0.3, -0.25) is 52.9 Å². The molecule has 80 heavy (non-hydrogen) atoms. The number of nitrogens with two attached hydrogens (primary N) is 4. The summed E-state index contributed by atoms with van der Waals surface area (Å²) in [6.45, 7) is 8.03. The molecule has 1 aromatic carbocycles. The van der Waals surface area contributed by atoms with Crippen LogP contribution in [-0.2, 0) is 60.8 Å². The molecule has 0 saturated heterocycles. The van der Waals surface area contributed by atoms with Crippen LogP contribution in [0.15, 0.2) is 47.8 Å². The second kappa shape index (κ2) is 35.7. The summed E-state index contributed by atoms with van der Waals surface area (Å²) in [5.41, 5.74) is 23.6. The Morgan fingerprint density at radius 3 is 1.86 bits per heavy atom. The van der Waals surface area contributed by atoms with Gasteiger partial charge in [0.25, 0.3) is 0 Å². The highest BCUT2D eigenvalue weighted by atomic mass is 16.4. The highest BCUT2D eigenvalue weighted by molar-refractivity contribution is 5.98. The number of aromatic amines is 1.